The van der Waals surface area contributed by atoms with Crippen molar-refractivity contribution in [3.8, 4) is 18.1 Å². The van der Waals surface area contributed by atoms with Crippen molar-refractivity contribution in [2.45, 2.75) is 13.1 Å². The molecule has 0 aliphatic heterocycles. The first-order valence-corrected chi connectivity index (χ1v) is 7.66. The van der Waals surface area contributed by atoms with Gasteiger partial charge in [0.1, 0.15) is 12.4 Å². The topological polar surface area (TPSA) is 21.3 Å². The maximum Gasteiger partial charge on any atom is 0.148 e. The van der Waals surface area contributed by atoms with Crippen LogP contribution in [0, 0.1) is 12.3 Å². The van der Waals surface area contributed by atoms with E-state index in [9.17, 15) is 0 Å². The fraction of sp³-hybridized carbons (Fsp3) is 0.176. The van der Waals surface area contributed by atoms with E-state index in [1.807, 2.05) is 42.5 Å². The third-order valence-corrected chi connectivity index (χ3v) is 3.78. The second-order valence-electron chi connectivity index (χ2n) is 4.44. The van der Waals surface area contributed by atoms with Gasteiger partial charge in [-0.3, -0.25) is 0 Å². The van der Waals surface area contributed by atoms with E-state index in [1.165, 1.54) is 0 Å². The lowest BCUT2D eigenvalue weighted by atomic mass is 10.2. The van der Waals surface area contributed by atoms with Gasteiger partial charge in [0, 0.05) is 28.1 Å². The standard InChI is InChI=1S/C17H15BrClNO/c1-2-9-21-17-8-7-15(18)10-14(17)12-20-11-13-5-3-4-6-16(13)19/h1,3-8,10,20H,9,11-12H2. The van der Waals surface area contributed by atoms with Crippen molar-refractivity contribution in [2.75, 3.05) is 6.61 Å². The van der Waals surface area contributed by atoms with Crippen LogP contribution in [0.5, 0.6) is 5.75 Å². The largest absolute Gasteiger partial charge is 0.481 e. The summed E-state index contributed by atoms with van der Waals surface area (Å²) in [6.45, 7) is 1.63. The average Bonchev–Trinajstić information content (AvgIpc) is 2.48. The Morgan fingerprint density at radius 3 is 2.67 bits per heavy atom. The third-order valence-electron chi connectivity index (χ3n) is 2.92. The predicted molar refractivity (Wildman–Crippen MR) is 90.5 cm³/mol. The van der Waals surface area contributed by atoms with E-state index in [0.717, 1.165) is 26.4 Å². The highest BCUT2D eigenvalue weighted by Crippen LogP contribution is 2.23. The van der Waals surface area contributed by atoms with E-state index >= 15 is 0 Å². The average molecular weight is 365 g/mol. The molecule has 0 atom stereocenters. The maximum atomic E-state index is 6.14. The van der Waals surface area contributed by atoms with Gasteiger partial charge in [0.15, 0.2) is 0 Å². The number of nitrogens with one attached hydrogen (secondary N) is 1. The van der Waals surface area contributed by atoms with Crippen molar-refractivity contribution >= 4 is 27.5 Å². The van der Waals surface area contributed by atoms with Gasteiger partial charge in [-0.05, 0) is 29.8 Å². The minimum absolute atomic E-state index is 0.263. The fourth-order valence-corrected chi connectivity index (χ4v) is 2.53. The molecule has 0 saturated carbocycles. The molecule has 2 aromatic carbocycles. The van der Waals surface area contributed by atoms with E-state index in [1.54, 1.807) is 0 Å². The highest BCUT2D eigenvalue weighted by molar-refractivity contribution is 9.10. The summed E-state index contributed by atoms with van der Waals surface area (Å²) in [6, 6.07) is 13.7. The molecule has 0 amide bonds. The van der Waals surface area contributed by atoms with Crippen LogP contribution in [0.3, 0.4) is 0 Å². The van der Waals surface area contributed by atoms with Gasteiger partial charge in [-0.1, -0.05) is 51.7 Å². The molecule has 1 N–H and O–H groups in total. The summed E-state index contributed by atoms with van der Waals surface area (Å²) in [5.74, 6) is 3.27. The number of ether oxygens (including phenoxy) is 1. The monoisotopic (exact) mass is 363 g/mol. The van der Waals surface area contributed by atoms with Crippen LogP contribution in [0.25, 0.3) is 0 Å². The summed E-state index contributed by atoms with van der Waals surface area (Å²) in [5, 5.41) is 4.13. The SMILES string of the molecule is C#CCOc1ccc(Br)cc1CNCc1ccccc1Cl. The number of benzene rings is 2. The minimum Gasteiger partial charge on any atom is -0.481 e. The molecule has 0 radical (unpaired) electrons. The molecule has 2 aromatic rings. The first-order chi connectivity index (χ1) is 10.2. The summed E-state index contributed by atoms with van der Waals surface area (Å²) in [4.78, 5) is 0. The zero-order valence-electron chi connectivity index (χ0n) is 11.4. The van der Waals surface area contributed by atoms with Crippen LogP contribution in [-0.4, -0.2) is 6.61 Å². The smallest absolute Gasteiger partial charge is 0.148 e. The summed E-state index contributed by atoms with van der Waals surface area (Å²) >= 11 is 9.60. The predicted octanol–water partition coefficient (Wildman–Crippen LogP) is 4.40. The van der Waals surface area contributed by atoms with Crippen molar-refractivity contribution in [2.24, 2.45) is 0 Å². The Morgan fingerprint density at radius 1 is 1.14 bits per heavy atom. The van der Waals surface area contributed by atoms with Crippen molar-refractivity contribution in [1.29, 1.82) is 0 Å². The molecule has 21 heavy (non-hydrogen) atoms. The molecule has 2 nitrogen and oxygen atoms in total. The number of hydrogen-bond acceptors (Lipinski definition) is 2. The van der Waals surface area contributed by atoms with Crippen LogP contribution in [0.15, 0.2) is 46.9 Å². The van der Waals surface area contributed by atoms with Gasteiger partial charge in [0.2, 0.25) is 0 Å². The Labute approximate surface area is 138 Å². The van der Waals surface area contributed by atoms with Crippen LogP contribution in [-0.2, 0) is 13.1 Å². The Kier molecular flexibility index (Phi) is 6.13. The van der Waals surface area contributed by atoms with Crippen LogP contribution in [0.4, 0.5) is 0 Å². The molecule has 0 spiro atoms. The van der Waals surface area contributed by atoms with Crippen molar-refractivity contribution in [3.05, 3.63) is 63.1 Å². The highest BCUT2D eigenvalue weighted by atomic mass is 79.9. The molecule has 0 heterocycles. The summed E-state index contributed by atoms with van der Waals surface area (Å²) in [6.07, 6.45) is 5.23. The van der Waals surface area contributed by atoms with Gasteiger partial charge in [0.05, 0.1) is 0 Å². The Morgan fingerprint density at radius 2 is 1.90 bits per heavy atom. The Balaban J connectivity index is 2.01. The van der Waals surface area contributed by atoms with E-state index in [-0.39, 0.29) is 6.61 Å². The molecule has 108 valence electrons. The van der Waals surface area contributed by atoms with Crippen molar-refractivity contribution < 1.29 is 4.74 Å². The summed E-state index contributed by atoms with van der Waals surface area (Å²) in [7, 11) is 0. The maximum absolute atomic E-state index is 6.14. The molecule has 0 aliphatic carbocycles. The molecule has 0 aromatic heterocycles. The fourth-order valence-electron chi connectivity index (χ4n) is 1.92. The van der Waals surface area contributed by atoms with E-state index < -0.39 is 0 Å². The van der Waals surface area contributed by atoms with Crippen LogP contribution in [0.2, 0.25) is 5.02 Å². The van der Waals surface area contributed by atoms with E-state index in [0.29, 0.717) is 13.1 Å². The molecular weight excluding hydrogens is 350 g/mol. The third kappa shape index (κ3) is 4.78. The van der Waals surface area contributed by atoms with E-state index in [2.05, 4.69) is 27.2 Å². The van der Waals surface area contributed by atoms with Gasteiger partial charge in [0.25, 0.3) is 0 Å². The second kappa shape index (κ2) is 8.09. The summed E-state index contributed by atoms with van der Waals surface area (Å²) < 4.78 is 6.55. The van der Waals surface area contributed by atoms with Gasteiger partial charge >= 0.3 is 0 Å². The minimum atomic E-state index is 0.263. The second-order valence-corrected chi connectivity index (χ2v) is 5.76. The Hall–Kier alpha value is -1.47. The van der Waals surface area contributed by atoms with Gasteiger partial charge in [-0.2, -0.15) is 0 Å². The highest BCUT2D eigenvalue weighted by Gasteiger charge is 2.05. The lowest BCUT2D eigenvalue weighted by Gasteiger charge is -2.12. The number of halogens is 2. The van der Waals surface area contributed by atoms with Crippen molar-refractivity contribution in [1.82, 2.24) is 5.32 Å². The molecule has 4 heteroatoms. The molecular formula is C17H15BrClNO. The number of hydrogen-bond donors (Lipinski definition) is 1. The first-order valence-electron chi connectivity index (χ1n) is 6.49. The van der Waals surface area contributed by atoms with Gasteiger partial charge < -0.3 is 10.1 Å². The van der Waals surface area contributed by atoms with Crippen LogP contribution < -0.4 is 10.1 Å². The molecule has 0 aliphatic rings. The zero-order valence-corrected chi connectivity index (χ0v) is 13.7. The molecule has 2 rings (SSSR count). The molecule has 0 bridgehead atoms. The summed E-state index contributed by atoms with van der Waals surface area (Å²) in [5.41, 5.74) is 2.12. The van der Waals surface area contributed by atoms with Crippen molar-refractivity contribution in [3.63, 3.8) is 0 Å². The normalized spacial score (nSPS) is 10.1. The van der Waals surface area contributed by atoms with Gasteiger partial charge in [-0.15, -0.1) is 6.42 Å². The Bertz CT molecular complexity index is 651. The van der Waals surface area contributed by atoms with Crippen LogP contribution >= 0.6 is 27.5 Å². The number of terminal acetylenes is 1. The molecule has 0 fully saturated rings. The first kappa shape index (κ1) is 15.9. The molecule has 0 unspecified atom stereocenters. The quantitative estimate of drug-likeness (QED) is 0.767. The number of rotatable bonds is 6. The molecule has 0 saturated heterocycles. The lowest BCUT2D eigenvalue weighted by Crippen LogP contribution is -2.14. The lowest BCUT2D eigenvalue weighted by molar-refractivity contribution is 0.364. The zero-order chi connectivity index (χ0) is 15.1. The van der Waals surface area contributed by atoms with Crippen LogP contribution in [0.1, 0.15) is 11.1 Å². The van der Waals surface area contributed by atoms with Gasteiger partial charge in [-0.25, -0.2) is 0 Å². The van der Waals surface area contributed by atoms with E-state index in [4.69, 9.17) is 22.8 Å².